The van der Waals surface area contributed by atoms with Crippen LogP contribution >= 0.6 is 11.6 Å². The standard InChI is InChI=1S/C29H32ClNO12S4/c1-31(13-17-45(34,35)18-14-42-47(39,40)41)22-9-11-24-27(20-22)43-26-19-21(5-4-15-44(32,33)16-12-30)8-10-23(26)29(24)25-6-2-3-7-28(25)46(36,37)38/h2-3,6-11,19-20H,4-5,12-18H2,1H3,(H-,36,37,38,39,40,41)/p+1. The molecule has 0 fully saturated rings. The first-order valence-corrected chi connectivity index (χ1v) is 21.1. The fraction of sp³-hybridized carbons (Fsp3) is 0.345. The number of alkyl halides is 1. The smallest absolute Gasteiger partial charge is 0.397 e. The molecule has 2 aromatic rings. The lowest BCUT2D eigenvalue weighted by Crippen LogP contribution is -2.32. The van der Waals surface area contributed by atoms with Crippen LogP contribution < -0.4 is 9.93 Å². The Kier molecular flexibility index (Phi) is 11.5. The van der Waals surface area contributed by atoms with E-state index in [0.29, 0.717) is 46.1 Å². The van der Waals surface area contributed by atoms with Gasteiger partial charge in [-0.2, -0.15) is 16.8 Å². The summed E-state index contributed by atoms with van der Waals surface area (Å²) in [6, 6.07) is 16.2. The molecule has 2 aromatic carbocycles. The van der Waals surface area contributed by atoms with Crippen LogP contribution in [0.1, 0.15) is 12.0 Å². The van der Waals surface area contributed by atoms with Crippen LogP contribution in [0.5, 0.6) is 0 Å². The van der Waals surface area contributed by atoms with Crippen molar-refractivity contribution < 1.29 is 51.4 Å². The van der Waals surface area contributed by atoms with Crippen LogP contribution in [0.4, 0.5) is 0 Å². The van der Waals surface area contributed by atoms with Crippen molar-refractivity contribution in [2.45, 2.75) is 17.7 Å². The molecule has 1 heterocycles. The van der Waals surface area contributed by atoms with Crippen molar-refractivity contribution in [3.63, 3.8) is 0 Å². The van der Waals surface area contributed by atoms with Crippen LogP contribution in [-0.2, 0) is 50.8 Å². The molecule has 0 atom stereocenters. The highest BCUT2D eigenvalue weighted by Gasteiger charge is 2.24. The maximum Gasteiger partial charge on any atom is 0.397 e. The molecule has 47 heavy (non-hydrogen) atoms. The number of fused-ring (bicyclic) bond motifs is 2. The molecule has 0 bridgehead atoms. The fourth-order valence-corrected chi connectivity index (χ4v) is 8.91. The van der Waals surface area contributed by atoms with Crippen LogP contribution in [-0.4, -0.2) is 91.9 Å². The first kappa shape index (κ1) is 36.9. The van der Waals surface area contributed by atoms with Gasteiger partial charge in [-0.15, -0.1) is 11.6 Å². The lowest BCUT2D eigenvalue weighted by atomic mass is 9.93. The van der Waals surface area contributed by atoms with Gasteiger partial charge in [0.05, 0.1) is 29.9 Å². The highest BCUT2D eigenvalue weighted by molar-refractivity contribution is 7.91. The summed E-state index contributed by atoms with van der Waals surface area (Å²) in [6.07, 6.45) is 0.755. The summed E-state index contributed by atoms with van der Waals surface area (Å²) in [6.45, 7) is -0.728. The van der Waals surface area contributed by atoms with Crippen molar-refractivity contribution >= 4 is 62.8 Å². The van der Waals surface area contributed by atoms with E-state index in [9.17, 15) is 38.2 Å². The zero-order valence-electron chi connectivity index (χ0n) is 25.1. The topological polar surface area (TPSA) is 202 Å². The van der Waals surface area contributed by atoms with Gasteiger partial charge in [-0.1, -0.05) is 30.3 Å². The number of halogens is 1. The minimum Gasteiger partial charge on any atom is -0.456 e. The van der Waals surface area contributed by atoms with E-state index in [1.807, 2.05) is 0 Å². The van der Waals surface area contributed by atoms with Crippen molar-refractivity contribution in [1.82, 2.24) is 4.58 Å². The molecule has 0 amide bonds. The molecule has 0 aromatic heterocycles. The predicted molar refractivity (Wildman–Crippen MR) is 178 cm³/mol. The minimum atomic E-state index is -4.77. The molecule has 0 spiro atoms. The number of benzene rings is 3. The Morgan fingerprint density at radius 1 is 0.809 bits per heavy atom. The van der Waals surface area contributed by atoms with E-state index in [-0.39, 0.29) is 40.1 Å². The number of hydrogen-bond donors (Lipinski definition) is 2. The maximum atomic E-state index is 12.4. The quantitative estimate of drug-likeness (QED) is 0.0780. The summed E-state index contributed by atoms with van der Waals surface area (Å²) >= 11 is 5.59. The Bertz CT molecular complexity index is 2270. The van der Waals surface area contributed by atoms with Crippen LogP contribution in [0.25, 0.3) is 33.4 Å². The van der Waals surface area contributed by atoms with Crippen molar-refractivity contribution in [3.8, 4) is 22.5 Å². The van der Waals surface area contributed by atoms with Crippen molar-refractivity contribution in [3.05, 3.63) is 71.6 Å². The Morgan fingerprint density at radius 2 is 1.51 bits per heavy atom. The number of rotatable bonds is 15. The van der Waals surface area contributed by atoms with Crippen LogP contribution in [0.3, 0.4) is 0 Å². The van der Waals surface area contributed by atoms with E-state index in [4.69, 9.17) is 20.6 Å². The highest BCUT2D eigenvalue weighted by Crippen LogP contribution is 2.42. The van der Waals surface area contributed by atoms with E-state index < -0.39 is 52.6 Å². The zero-order chi connectivity index (χ0) is 34.6. The van der Waals surface area contributed by atoms with E-state index in [1.54, 1.807) is 60.2 Å². The lowest BCUT2D eigenvalue weighted by molar-refractivity contribution is 0.284. The van der Waals surface area contributed by atoms with E-state index in [2.05, 4.69) is 4.18 Å². The average Bonchev–Trinajstić information content (AvgIpc) is 2.97. The summed E-state index contributed by atoms with van der Waals surface area (Å²) in [5, 5.41) is 1.08. The monoisotopic (exact) mass is 750 g/mol. The third kappa shape index (κ3) is 10.1. The van der Waals surface area contributed by atoms with Crippen LogP contribution in [0.2, 0.25) is 0 Å². The second kappa shape index (κ2) is 14.7. The molecule has 0 unspecified atom stereocenters. The molecule has 256 valence electrons. The Balaban J connectivity index is 1.80. The number of aryl methyl sites for hydroxylation is 1. The number of hydrogen-bond acceptors (Lipinski definition) is 10. The van der Waals surface area contributed by atoms with Crippen molar-refractivity contribution in [2.75, 3.05) is 49.1 Å². The molecule has 18 heteroatoms. The normalized spacial score (nSPS) is 13.7. The summed E-state index contributed by atoms with van der Waals surface area (Å²) in [4.78, 5) is -0.313. The Labute approximate surface area is 278 Å². The summed E-state index contributed by atoms with van der Waals surface area (Å²) in [5.41, 5.74) is 2.31. The fourth-order valence-electron chi connectivity index (χ4n) is 4.99. The summed E-state index contributed by atoms with van der Waals surface area (Å²) in [7, 11) is -14.8. The second-order valence-corrected chi connectivity index (χ2v) is 18.2. The zero-order valence-corrected chi connectivity index (χ0v) is 29.1. The predicted octanol–water partition coefficient (Wildman–Crippen LogP) is 2.67. The molecule has 1 aliphatic heterocycles. The van der Waals surface area contributed by atoms with Gasteiger partial charge in [0.15, 0.2) is 26.2 Å². The van der Waals surface area contributed by atoms with Gasteiger partial charge >= 0.3 is 10.4 Å². The molecule has 1 aliphatic carbocycles. The van der Waals surface area contributed by atoms with Gasteiger partial charge in [0, 0.05) is 34.0 Å². The van der Waals surface area contributed by atoms with Gasteiger partial charge in [0.2, 0.25) is 5.36 Å². The summed E-state index contributed by atoms with van der Waals surface area (Å²) < 4.78 is 126. The first-order valence-electron chi connectivity index (χ1n) is 14.1. The maximum absolute atomic E-state index is 12.4. The van der Waals surface area contributed by atoms with Gasteiger partial charge in [-0.3, -0.25) is 9.11 Å². The average molecular weight is 751 g/mol. The molecule has 2 aliphatic rings. The molecule has 0 radical (unpaired) electrons. The van der Waals surface area contributed by atoms with Gasteiger partial charge in [-0.25, -0.2) is 25.6 Å². The van der Waals surface area contributed by atoms with Gasteiger partial charge in [-0.05, 0) is 36.6 Å². The van der Waals surface area contributed by atoms with Crippen molar-refractivity contribution in [1.29, 1.82) is 0 Å². The molecular weight excluding hydrogens is 718 g/mol. The van der Waals surface area contributed by atoms with Gasteiger partial charge in [0.1, 0.15) is 29.0 Å². The van der Waals surface area contributed by atoms with Gasteiger partial charge in [0.25, 0.3) is 10.1 Å². The molecule has 0 saturated carbocycles. The minimum absolute atomic E-state index is 0.00250. The molecule has 13 nitrogen and oxygen atoms in total. The molecular formula is C29H33ClNO12S4+. The lowest BCUT2D eigenvalue weighted by Gasteiger charge is -2.17. The van der Waals surface area contributed by atoms with Gasteiger partial charge < -0.3 is 4.42 Å². The van der Waals surface area contributed by atoms with E-state index >= 15 is 0 Å². The Morgan fingerprint density at radius 3 is 2.19 bits per heavy atom. The second-order valence-electron chi connectivity index (χ2n) is 10.7. The SMILES string of the molecule is C[N+](CCS(=O)(=O)CCOS(=O)(=O)O)=c1ccc2c(-c3ccccc3S(=O)(=O)O)c3ccc(CCCS(=O)(=O)CCCl)cc3oc-2c1. The Hall–Kier alpha value is -2.90. The van der Waals surface area contributed by atoms with Crippen LogP contribution in [0.15, 0.2) is 70.0 Å². The number of sulfone groups is 2. The first-order chi connectivity index (χ1) is 21.9. The highest BCUT2D eigenvalue weighted by atomic mass is 35.5. The van der Waals surface area contributed by atoms with Crippen LogP contribution in [0, 0.1) is 0 Å². The molecule has 4 rings (SSSR count). The molecule has 0 saturated heterocycles. The largest absolute Gasteiger partial charge is 0.456 e. The summed E-state index contributed by atoms with van der Waals surface area (Å²) in [5.74, 6) is -0.821. The third-order valence-electron chi connectivity index (χ3n) is 7.32. The van der Waals surface area contributed by atoms with Crippen molar-refractivity contribution in [2.24, 2.45) is 0 Å². The van der Waals surface area contributed by atoms with E-state index in [1.165, 1.54) is 12.1 Å². The molecule has 2 N–H and O–H groups in total. The van der Waals surface area contributed by atoms with E-state index in [0.717, 1.165) is 5.56 Å². The third-order valence-corrected chi connectivity index (χ3v) is 12.4. The number of nitrogens with zero attached hydrogens (tertiary/aromatic N) is 1.